The van der Waals surface area contributed by atoms with Crippen molar-refractivity contribution in [1.82, 2.24) is 29.7 Å². The van der Waals surface area contributed by atoms with Crippen molar-refractivity contribution < 1.29 is 23.8 Å². The van der Waals surface area contributed by atoms with Crippen molar-refractivity contribution in [1.29, 1.82) is 0 Å². The molecule has 0 spiro atoms. The van der Waals surface area contributed by atoms with E-state index in [0.717, 1.165) is 53.7 Å². The van der Waals surface area contributed by atoms with Crippen LogP contribution in [0.3, 0.4) is 0 Å². The second-order valence-corrected chi connectivity index (χ2v) is 23.4. The van der Waals surface area contributed by atoms with E-state index < -0.39 is 28.3 Å². The molecule has 9 rings (SSSR count). The minimum Gasteiger partial charge on any atom is -0.611 e. The number of carbonyl (C=O) groups is 2. The molecule has 13 nitrogen and oxygen atoms in total. The normalized spacial score (nSPS) is 15.5. The smallest absolute Gasteiger partial charge is 0.335 e. The summed E-state index contributed by atoms with van der Waals surface area (Å²) in [7, 11) is 2.09. The molecule has 1 aliphatic heterocycles. The van der Waals surface area contributed by atoms with Gasteiger partial charge in [-0.2, -0.15) is 0 Å². The van der Waals surface area contributed by atoms with Crippen LogP contribution in [0.5, 0.6) is 0 Å². The lowest BCUT2D eigenvalue weighted by molar-refractivity contribution is 0.0530. The first-order valence-electron chi connectivity index (χ1n) is 21.4. The summed E-state index contributed by atoms with van der Waals surface area (Å²) < 4.78 is 28.5. The highest BCUT2D eigenvalue weighted by atomic mass is 32.2. The molecule has 3 atom stereocenters. The largest absolute Gasteiger partial charge is 0.611 e. The number of nitrogens with two attached hydrogens (primary N) is 2. The molecule has 0 radical (unpaired) electrons. The number of amides is 1. The molecule has 7 heterocycles. The maximum Gasteiger partial charge on any atom is 0.335 e. The molecule has 66 heavy (non-hydrogen) atoms. The summed E-state index contributed by atoms with van der Waals surface area (Å²) in [5.74, 6) is -0.149. The third-order valence-corrected chi connectivity index (χ3v) is 19.3. The summed E-state index contributed by atoms with van der Waals surface area (Å²) in [4.78, 5) is 50.4. The van der Waals surface area contributed by atoms with Crippen LogP contribution >= 0.6 is 45.3 Å². The van der Waals surface area contributed by atoms with Crippen LogP contribution in [0.4, 0.5) is 11.4 Å². The molecule has 3 unspecified atom stereocenters. The monoisotopic (exact) mass is 994 g/mol. The van der Waals surface area contributed by atoms with Gasteiger partial charge in [0.2, 0.25) is 8.42 Å². The molecule has 1 aliphatic rings. The maximum absolute atomic E-state index is 14.3. The second-order valence-electron chi connectivity index (χ2n) is 16.1. The number of nitrogens with zero attached hydrogens (tertiary/aromatic N) is 6. The Morgan fingerprint density at radius 2 is 1.32 bits per heavy atom. The Hall–Kier alpha value is -4.96. The molecule has 1 saturated heterocycles. The van der Waals surface area contributed by atoms with Crippen LogP contribution in [0, 0.1) is 0 Å². The van der Waals surface area contributed by atoms with Gasteiger partial charge in [-0.3, -0.25) is 9.69 Å². The van der Waals surface area contributed by atoms with Crippen LogP contribution in [0.2, 0.25) is 0 Å². The molecule has 0 saturated carbocycles. The summed E-state index contributed by atoms with van der Waals surface area (Å²) in [5, 5.41) is 16.4. The van der Waals surface area contributed by atoms with Gasteiger partial charge in [0.1, 0.15) is 53.9 Å². The van der Waals surface area contributed by atoms with E-state index in [4.69, 9.17) is 21.4 Å². The molecule has 19 heteroatoms. The number of aromatic carboxylic acids is 1. The van der Waals surface area contributed by atoms with Gasteiger partial charge >= 0.3 is 5.97 Å². The predicted molar refractivity (Wildman–Crippen MR) is 272 cm³/mol. The van der Waals surface area contributed by atoms with Crippen molar-refractivity contribution in [3.63, 3.8) is 0 Å². The first kappa shape index (κ1) is 46.2. The molecular formula is C47H46N8O5S6. The van der Waals surface area contributed by atoms with E-state index in [1.165, 1.54) is 45.3 Å². The van der Waals surface area contributed by atoms with Gasteiger partial charge in [0.25, 0.3) is 5.91 Å². The molecule has 6 aromatic heterocycles. The van der Waals surface area contributed by atoms with E-state index in [-0.39, 0.29) is 17.5 Å². The number of hydrogen-bond acceptors (Lipinski definition) is 15. The van der Waals surface area contributed by atoms with E-state index in [2.05, 4.69) is 28.8 Å². The highest BCUT2D eigenvalue weighted by Crippen LogP contribution is 2.46. The number of anilines is 2. The van der Waals surface area contributed by atoms with E-state index in [0.29, 0.717) is 98.9 Å². The molecule has 340 valence electrons. The van der Waals surface area contributed by atoms with E-state index in [1.54, 1.807) is 30.6 Å². The molecular weight excluding hydrogens is 949 g/mol. The number of benzene rings is 2. The number of rotatable bonds is 16. The second kappa shape index (κ2) is 20.1. The molecule has 8 aromatic rings. The van der Waals surface area contributed by atoms with Gasteiger partial charge < -0.3 is 30.6 Å². The molecule has 2 aromatic carbocycles. The van der Waals surface area contributed by atoms with Gasteiger partial charge in [0, 0.05) is 65.2 Å². The van der Waals surface area contributed by atoms with Crippen LogP contribution in [0.1, 0.15) is 59.7 Å². The number of nitrogen functional groups attached to an aromatic ring is 2. The number of carboxylic acid groups (broad SMARTS) is 1. The summed E-state index contributed by atoms with van der Waals surface area (Å²) in [5.41, 5.74) is 19.5. The fourth-order valence-electron chi connectivity index (χ4n) is 8.25. The van der Waals surface area contributed by atoms with Crippen LogP contribution in [0.15, 0.2) is 92.2 Å². The molecule has 1 amide bonds. The van der Waals surface area contributed by atoms with Crippen molar-refractivity contribution in [2.24, 2.45) is 0 Å². The minimum absolute atomic E-state index is 0.0536. The fraction of sp³-hybridized carbons (Fsp3) is 0.277. The quantitative estimate of drug-likeness (QED) is 0.0610. The lowest BCUT2D eigenvalue weighted by Crippen LogP contribution is -2.53. The number of carboxylic acids is 1. The Balaban J connectivity index is 0.894. The Kier molecular flexibility index (Phi) is 14.1. The first-order valence-corrected chi connectivity index (χ1v) is 27.5. The topological polar surface area (TPSA) is 211 Å². The summed E-state index contributed by atoms with van der Waals surface area (Å²) >= 11 is 2.95. The van der Waals surface area contributed by atoms with Crippen molar-refractivity contribution in [2.45, 2.75) is 53.5 Å². The Morgan fingerprint density at radius 1 is 0.773 bits per heavy atom. The summed E-state index contributed by atoms with van der Waals surface area (Å²) in [6.07, 6.45) is 7.52. The number of fused-ring (bicyclic) bond motifs is 2. The molecule has 1 fully saturated rings. The average Bonchev–Trinajstić information content (AvgIpc) is 4.18. The Bertz CT molecular complexity index is 3030. The zero-order valence-corrected chi connectivity index (χ0v) is 41.0. The molecule has 0 bridgehead atoms. The molecule has 0 aliphatic carbocycles. The van der Waals surface area contributed by atoms with Crippen LogP contribution in [-0.4, -0.2) is 100 Å². The van der Waals surface area contributed by atoms with Crippen LogP contribution in [-0.2, 0) is 22.4 Å². The van der Waals surface area contributed by atoms with Crippen molar-refractivity contribution in [2.75, 3.05) is 49.7 Å². The summed E-state index contributed by atoms with van der Waals surface area (Å²) in [6.45, 7) is 3.94. The Morgan fingerprint density at radius 3 is 1.85 bits per heavy atom. The number of carbonyl (C=O) groups excluding carboxylic acids is 1. The zero-order chi connectivity index (χ0) is 46.1. The number of unbranched alkanes of at least 4 members (excludes halogenated alkanes) is 2. The van der Waals surface area contributed by atoms with E-state index in [9.17, 15) is 23.8 Å². The minimum atomic E-state index is -1.40. The van der Waals surface area contributed by atoms with E-state index >= 15 is 0 Å². The first-order chi connectivity index (χ1) is 32.0. The van der Waals surface area contributed by atoms with Crippen molar-refractivity contribution >= 4 is 111 Å². The van der Waals surface area contributed by atoms with Crippen LogP contribution in [0.25, 0.3) is 64.1 Å². The molecule has 5 N–H and O–H groups in total. The van der Waals surface area contributed by atoms with Gasteiger partial charge in [-0.1, -0.05) is 60.3 Å². The number of thiazole rings is 2. The van der Waals surface area contributed by atoms with Crippen molar-refractivity contribution in [3.8, 4) is 43.7 Å². The van der Waals surface area contributed by atoms with Gasteiger partial charge in [0.05, 0.1) is 5.56 Å². The highest BCUT2D eigenvalue weighted by Gasteiger charge is 2.30. The number of piperazine rings is 1. The third-order valence-electron chi connectivity index (χ3n) is 11.8. The van der Waals surface area contributed by atoms with Gasteiger partial charge in [0.15, 0.2) is 0 Å². The number of hydrogen-bond donors (Lipinski definition) is 3. The number of pyridine rings is 2. The number of thiophene rings is 2. The Labute approximate surface area is 403 Å². The maximum atomic E-state index is 14.3. The standard InChI is InChI=1S/C47H46N8O5S6/c1-3-4-20-65(59)46-38(48)36-32(24-34(52-42(36)63-46)40-50-14-18-61-40)27-9-7-11-29(22-27)44(56)55-17-16-54(2)31(26-55)13-5-6-21-66(60)47-39(49)37-33(28-10-8-12-30(23-28)45(57)58)25-35(53-43(37)64-47)41-51-15-19-62-41/h7-12,14-15,18-19,22-25,31H,3-6,13,16-17,20-21,26,48-49H2,1-2H3,(H,57,58). The lowest BCUT2D eigenvalue weighted by Gasteiger charge is -2.39. The number of aromatic nitrogens is 4. The van der Waals surface area contributed by atoms with Gasteiger partial charge in [-0.15, -0.1) is 22.7 Å². The average molecular weight is 995 g/mol. The predicted octanol–water partition coefficient (Wildman–Crippen LogP) is 9.99. The highest BCUT2D eigenvalue weighted by molar-refractivity contribution is 7.94. The zero-order valence-electron chi connectivity index (χ0n) is 36.1. The SMILES string of the molecule is CCCC[S+]([O-])c1sc2nc(-c3nccs3)cc(-c3cccc(C(=O)N4CCN(C)C(CCCC[S+]([O-])c5sc6nc(-c7nccs7)cc(-c7cccc(C(=O)O)c7)c6c5N)C4)c3)c2c1N. The summed E-state index contributed by atoms with van der Waals surface area (Å²) in [6, 6.07) is 18.3. The lowest BCUT2D eigenvalue weighted by atomic mass is 9.99. The third kappa shape index (κ3) is 9.45. The van der Waals surface area contributed by atoms with E-state index in [1.807, 2.05) is 58.1 Å². The van der Waals surface area contributed by atoms with Crippen LogP contribution < -0.4 is 11.5 Å². The van der Waals surface area contributed by atoms with Gasteiger partial charge in [-0.25, -0.2) is 24.7 Å². The fourth-order valence-corrected chi connectivity index (χ4v) is 15.0. The van der Waals surface area contributed by atoms with Gasteiger partial charge in [-0.05, 0) is 114 Å². The van der Waals surface area contributed by atoms with Crippen molar-refractivity contribution in [3.05, 3.63) is 94.9 Å². The number of likely N-dealkylation sites (N-methyl/N-ethyl adjacent to an activating group) is 1.